The molecular formula is C16H20ClN3OS. The standard InChI is InChI=1S/C16H20ClN3OS/c1-10-11(9-18-20(10)2)6-7-16(21)19-13-4-3-5-14-12(13)8-15(17)22-14/h8-9,13H,3-7H2,1-2H3,(H,19,21). The van der Waals surface area contributed by atoms with Crippen LogP contribution in [0.15, 0.2) is 12.3 Å². The summed E-state index contributed by atoms with van der Waals surface area (Å²) in [5.74, 6) is 0.100. The molecule has 0 aromatic carbocycles. The monoisotopic (exact) mass is 337 g/mol. The Balaban J connectivity index is 1.59. The summed E-state index contributed by atoms with van der Waals surface area (Å²) in [4.78, 5) is 13.6. The molecule has 0 saturated heterocycles. The van der Waals surface area contributed by atoms with E-state index in [1.165, 1.54) is 10.4 Å². The van der Waals surface area contributed by atoms with Gasteiger partial charge in [0.2, 0.25) is 5.91 Å². The van der Waals surface area contributed by atoms with Crippen LogP contribution in [-0.4, -0.2) is 15.7 Å². The molecule has 4 nitrogen and oxygen atoms in total. The largest absolute Gasteiger partial charge is 0.349 e. The maximum atomic E-state index is 12.3. The van der Waals surface area contributed by atoms with Gasteiger partial charge in [-0.1, -0.05) is 11.6 Å². The van der Waals surface area contributed by atoms with Crippen molar-refractivity contribution in [3.8, 4) is 0 Å². The Kier molecular flexibility index (Phi) is 4.54. The molecule has 0 saturated carbocycles. The van der Waals surface area contributed by atoms with Gasteiger partial charge in [0, 0.05) is 24.0 Å². The Labute approximate surface area is 139 Å². The van der Waals surface area contributed by atoms with Gasteiger partial charge >= 0.3 is 0 Å². The van der Waals surface area contributed by atoms with Crippen molar-refractivity contribution in [2.24, 2.45) is 7.05 Å². The summed E-state index contributed by atoms with van der Waals surface area (Å²) in [5, 5.41) is 7.38. The Morgan fingerprint density at radius 2 is 2.41 bits per heavy atom. The fraction of sp³-hybridized carbons (Fsp3) is 0.500. The van der Waals surface area contributed by atoms with Gasteiger partial charge in [-0.25, -0.2) is 0 Å². The van der Waals surface area contributed by atoms with E-state index in [2.05, 4.69) is 10.4 Å². The van der Waals surface area contributed by atoms with E-state index in [0.29, 0.717) is 6.42 Å². The van der Waals surface area contributed by atoms with Crippen LogP contribution in [0.3, 0.4) is 0 Å². The second-order valence-electron chi connectivity index (χ2n) is 5.82. The molecule has 0 spiro atoms. The molecule has 1 N–H and O–H groups in total. The summed E-state index contributed by atoms with van der Waals surface area (Å²) in [6, 6.07) is 2.13. The fourth-order valence-corrected chi connectivity index (χ4v) is 4.36. The molecule has 1 unspecified atom stereocenters. The number of carbonyl (C=O) groups is 1. The van der Waals surface area contributed by atoms with Gasteiger partial charge in [-0.3, -0.25) is 9.48 Å². The van der Waals surface area contributed by atoms with Gasteiger partial charge in [0.25, 0.3) is 0 Å². The molecule has 2 aromatic heterocycles. The third kappa shape index (κ3) is 3.20. The van der Waals surface area contributed by atoms with Crippen molar-refractivity contribution in [3.63, 3.8) is 0 Å². The molecule has 22 heavy (non-hydrogen) atoms. The highest BCUT2D eigenvalue weighted by Crippen LogP contribution is 2.37. The lowest BCUT2D eigenvalue weighted by molar-refractivity contribution is -0.121. The predicted octanol–water partition coefficient (Wildman–Crippen LogP) is 3.57. The molecule has 1 amide bonds. The van der Waals surface area contributed by atoms with Gasteiger partial charge in [-0.05, 0) is 49.8 Å². The first-order chi connectivity index (χ1) is 10.5. The molecule has 1 aliphatic rings. The van der Waals surface area contributed by atoms with Gasteiger partial charge < -0.3 is 5.32 Å². The average molecular weight is 338 g/mol. The van der Waals surface area contributed by atoms with Crippen molar-refractivity contribution >= 4 is 28.8 Å². The minimum absolute atomic E-state index is 0.100. The zero-order chi connectivity index (χ0) is 15.7. The van der Waals surface area contributed by atoms with E-state index in [9.17, 15) is 4.79 Å². The van der Waals surface area contributed by atoms with Crippen LogP contribution in [0.4, 0.5) is 0 Å². The zero-order valence-electron chi connectivity index (χ0n) is 12.9. The molecular weight excluding hydrogens is 318 g/mol. The Morgan fingerprint density at radius 3 is 3.14 bits per heavy atom. The summed E-state index contributed by atoms with van der Waals surface area (Å²) >= 11 is 7.75. The lowest BCUT2D eigenvalue weighted by Gasteiger charge is -2.23. The van der Waals surface area contributed by atoms with E-state index >= 15 is 0 Å². The number of amides is 1. The normalized spacial score (nSPS) is 17.3. The molecule has 6 heteroatoms. The van der Waals surface area contributed by atoms with Gasteiger partial charge in [0.05, 0.1) is 16.6 Å². The third-order valence-corrected chi connectivity index (χ3v) is 5.72. The van der Waals surface area contributed by atoms with Crippen LogP contribution in [0.25, 0.3) is 0 Å². The summed E-state index contributed by atoms with van der Waals surface area (Å²) in [7, 11) is 1.92. The first kappa shape index (κ1) is 15.6. The Bertz CT molecular complexity index is 692. The highest BCUT2D eigenvalue weighted by atomic mass is 35.5. The van der Waals surface area contributed by atoms with E-state index in [-0.39, 0.29) is 11.9 Å². The lowest BCUT2D eigenvalue weighted by atomic mass is 9.94. The van der Waals surface area contributed by atoms with Crippen LogP contribution in [0, 0.1) is 6.92 Å². The smallest absolute Gasteiger partial charge is 0.220 e. The third-order valence-electron chi connectivity index (χ3n) is 4.38. The highest BCUT2D eigenvalue weighted by molar-refractivity contribution is 7.16. The molecule has 2 heterocycles. The Morgan fingerprint density at radius 1 is 1.59 bits per heavy atom. The number of halogens is 1. The van der Waals surface area contributed by atoms with Crippen molar-refractivity contribution in [3.05, 3.63) is 38.3 Å². The number of nitrogens with zero attached hydrogens (tertiary/aromatic N) is 2. The number of aryl methyl sites for hydroxylation is 3. The second kappa shape index (κ2) is 6.42. The molecule has 0 radical (unpaired) electrons. The number of thiophene rings is 1. The van der Waals surface area contributed by atoms with Gasteiger partial charge in [0.1, 0.15) is 0 Å². The fourth-order valence-electron chi connectivity index (χ4n) is 2.98. The van der Waals surface area contributed by atoms with Crippen LogP contribution < -0.4 is 5.32 Å². The van der Waals surface area contributed by atoms with Crippen molar-refractivity contribution in [1.29, 1.82) is 0 Å². The van der Waals surface area contributed by atoms with Gasteiger partial charge in [-0.15, -0.1) is 11.3 Å². The number of nitrogens with one attached hydrogen (secondary N) is 1. The van der Waals surface area contributed by atoms with Crippen molar-refractivity contribution in [2.75, 3.05) is 0 Å². The van der Waals surface area contributed by atoms with Crippen LogP contribution in [0.1, 0.15) is 47.0 Å². The van der Waals surface area contributed by atoms with Crippen molar-refractivity contribution in [1.82, 2.24) is 15.1 Å². The number of hydrogen-bond acceptors (Lipinski definition) is 3. The maximum absolute atomic E-state index is 12.3. The van der Waals surface area contributed by atoms with Gasteiger partial charge in [0.15, 0.2) is 0 Å². The molecule has 0 bridgehead atoms. The first-order valence-corrected chi connectivity index (χ1v) is 8.79. The maximum Gasteiger partial charge on any atom is 0.220 e. The Hall–Kier alpha value is -1.33. The lowest BCUT2D eigenvalue weighted by Crippen LogP contribution is -2.30. The van der Waals surface area contributed by atoms with Crippen LogP contribution >= 0.6 is 22.9 Å². The average Bonchev–Trinajstić information content (AvgIpc) is 3.01. The number of rotatable bonds is 4. The number of carbonyl (C=O) groups excluding carboxylic acids is 1. The van der Waals surface area contributed by atoms with E-state index in [4.69, 9.17) is 11.6 Å². The van der Waals surface area contributed by atoms with Gasteiger partial charge in [-0.2, -0.15) is 5.10 Å². The quantitative estimate of drug-likeness (QED) is 0.927. The summed E-state index contributed by atoms with van der Waals surface area (Å²) in [6.07, 6.45) is 6.26. The van der Waals surface area contributed by atoms with Crippen LogP contribution in [-0.2, 0) is 24.7 Å². The SMILES string of the molecule is Cc1c(CCC(=O)NC2CCCc3sc(Cl)cc32)cnn1C. The van der Waals surface area contributed by atoms with Crippen LogP contribution in [0.2, 0.25) is 4.34 Å². The number of aromatic nitrogens is 2. The molecule has 1 aliphatic carbocycles. The van der Waals surface area contributed by atoms with E-state index in [1.54, 1.807) is 11.3 Å². The highest BCUT2D eigenvalue weighted by Gasteiger charge is 2.24. The molecule has 0 aliphatic heterocycles. The predicted molar refractivity (Wildman–Crippen MR) is 89.4 cm³/mol. The molecule has 1 atom stereocenters. The summed E-state index contributed by atoms with van der Waals surface area (Å²) in [5.41, 5.74) is 3.48. The number of fused-ring (bicyclic) bond motifs is 1. The second-order valence-corrected chi connectivity index (χ2v) is 7.59. The van der Waals surface area contributed by atoms with E-state index < -0.39 is 0 Å². The van der Waals surface area contributed by atoms with Crippen LogP contribution in [0.5, 0.6) is 0 Å². The van der Waals surface area contributed by atoms with E-state index in [1.807, 2.05) is 30.9 Å². The number of hydrogen-bond donors (Lipinski definition) is 1. The minimum Gasteiger partial charge on any atom is -0.349 e. The van der Waals surface area contributed by atoms with Crippen molar-refractivity contribution < 1.29 is 4.79 Å². The molecule has 0 fully saturated rings. The van der Waals surface area contributed by atoms with Crippen molar-refractivity contribution in [2.45, 2.75) is 45.1 Å². The topological polar surface area (TPSA) is 46.9 Å². The molecule has 118 valence electrons. The zero-order valence-corrected chi connectivity index (χ0v) is 14.4. The summed E-state index contributed by atoms with van der Waals surface area (Å²) < 4.78 is 2.66. The molecule has 2 aromatic rings. The first-order valence-electron chi connectivity index (χ1n) is 7.59. The van der Waals surface area contributed by atoms with E-state index in [0.717, 1.165) is 41.3 Å². The summed E-state index contributed by atoms with van der Waals surface area (Å²) in [6.45, 7) is 2.03. The molecule has 3 rings (SSSR count). The minimum atomic E-state index is 0.100.